The molecule has 3 heterocycles. The minimum absolute atomic E-state index is 0.604. The molecule has 0 bridgehead atoms. The second-order valence-corrected chi connectivity index (χ2v) is 4.03. The first-order chi connectivity index (χ1) is 7.43. The number of nitrogens with zero attached hydrogens (tertiary/aromatic N) is 2. The van der Waals surface area contributed by atoms with E-state index in [0.29, 0.717) is 5.92 Å². The Morgan fingerprint density at radius 1 is 1.20 bits per heavy atom. The van der Waals surface area contributed by atoms with E-state index in [1.807, 2.05) is 0 Å². The Morgan fingerprint density at radius 3 is 2.93 bits per heavy atom. The van der Waals surface area contributed by atoms with E-state index >= 15 is 0 Å². The number of aromatic nitrogens is 3. The van der Waals surface area contributed by atoms with Gasteiger partial charge in [-0.1, -0.05) is 0 Å². The van der Waals surface area contributed by atoms with Crippen molar-refractivity contribution in [3.8, 4) is 0 Å². The molecule has 4 heteroatoms. The van der Waals surface area contributed by atoms with E-state index in [4.69, 9.17) is 0 Å². The maximum absolute atomic E-state index is 4.59. The highest BCUT2D eigenvalue weighted by Crippen LogP contribution is 2.24. The molecule has 1 aliphatic heterocycles. The van der Waals surface area contributed by atoms with Gasteiger partial charge >= 0.3 is 0 Å². The highest BCUT2D eigenvalue weighted by atomic mass is 15.0. The topological polar surface area (TPSA) is 53.6 Å². The Balaban J connectivity index is 1.95. The van der Waals surface area contributed by atoms with Crippen molar-refractivity contribution in [2.45, 2.75) is 18.8 Å². The minimum Gasteiger partial charge on any atom is -0.343 e. The lowest BCUT2D eigenvalue weighted by atomic mass is 9.94. The zero-order valence-electron chi connectivity index (χ0n) is 8.53. The Labute approximate surface area is 88.1 Å². The van der Waals surface area contributed by atoms with Crippen LogP contribution in [0.1, 0.15) is 24.5 Å². The van der Waals surface area contributed by atoms with Gasteiger partial charge in [0.05, 0.1) is 11.8 Å². The summed E-state index contributed by atoms with van der Waals surface area (Å²) in [7, 11) is 0. The molecule has 15 heavy (non-hydrogen) atoms. The van der Waals surface area contributed by atoms with E-state index in [0.717, 1.165) is 24.3 Å². The van der Waals surface area contributed by atoms with E-state index in [2.05, 4.69) is 32.4 Å². The average Bonchev–Trinajstić information content (AvgIpc) is 2.77. The van der Waals surface area contributed by atoms with E-state index in [9.17, 15) is 0 Å². The van der Waals surface area contributed by atoms with Gasteiger partial charge in [0.2, 0.25) is 0 Å². The lowest BCUT2D eigenvalue weighted by Gasteiger charge is -2.21. The predicted octanol–water partition coefficient (Wildman–Crippen LogP) is 1.42. The SMILES string of the molecule is c1nc2nc(C3CCNCC3)ccc2[nH]1. The molecule has 0 atom stereocenters. The van der Waals surface area contributed by atoms with Gasteiger partial charge in [0, 0.05) is 11.6 Å². The number of nitrogens with one attached hydrogen (secondary N) is 2. The molecule has 2 aromatic rings. The summed E-state index contributed by atoms with van der Waals surface area (Å²) in [5, 5.41) is 3.37. The Kier molecular flexibility index (Phi) is 2.14. The number of aromatic amines is 1. The van der Waals surface area contributed by atoms with Gasteiger partial charge in [-0.15, -0.1) is 0 Å². The van der Waals surface area contributed by atoms with Gasteiger partial charge in [-0.05, 0) is 38.1 Å². The van der Waals surface area contributed by atoms with Gasteiger partial charge in [-0.25, -0.2) is 9.97 Å². The molecular weight excluding hydrogens is 188 g/mol. The number of fused-ring (bicyclic) bond motifs is 1. The van der Waals surface area contributed by atoms with Crippen LogP contribution >= 0.6 is 0 Å². The number of piperidine rings is 1. The summed E-state index contributed by atoms with van der Waals surface area (Å²) in [6, 6.07) is 4.20. The molecule has 0 amide bonds. The first kappa shape index (κ1) is 8.85. The monoisotopic (exact) mass is 202 g/mol. The number of rotatable bonds is 1. The van der Waals surface area contributed by atoms with Crippen molar-refractivity contribution in [2.75, 3.05) is 13.1 Å². The Hall–Kier alpha value is -1.42. The van der Waals surface area contributed by atoms with Crippen molar-refractivity contribution in [3.05, 3.63) is 24.2 Å². The molecule has 78 valence electrons. The number of H-pyrrole nitrogens is 1. The number of imidazole rings is 1. The highest BCUT2D eigenvalue weighted by Gasteiger charge is 2.16. The molecule has 0 aromatic carbocycles. The van der Waals surface area contributed by atoms with E-state index in [-0.39, 0.29) is 0 Å². The van der Waals surface area contributed by atoms with Crippen LogP contribution in [0.3, 0.4) is 0 Å². The molecule has 2 N–H and O–H groups in total. The summed E-state index contributed by atoms with van der Waals surface area (Å²) in [6.07, 6.45) is 4.07. The maximum atomic E-state index is 4.59. The van der Waals surface area contributed by atoms with E-state index < -0.39 is 0 Å². The maximum Gasteiger partial charge on any atom is 0.177 e. The Bertz CT molecular complexity index is 456. The predicted molar refractivity (Wildman–Crippen MR) is 58.7 cm³/mol. The molecule has 0 aliphatic carbocycles. The third kappa shape index (κ3) is 1.61. The Morgan fingerprint density at radius 2 is 2.07 bits per heavy atom. The normalized spacial score (nSPS) is 18.4. The molecular formula is C11H14N4. The van der Waals surface area contributed by atoms with Crippen LogP contribution in [0.4, 0.5) is 0 Å². The molecule has 0 unspecified atom stereocenters. The van der Waals surface area contributed by atoms with Gasteiger partial charge < -0.3 is 10.3 Å². The van der Waals surface area contributed by atoms with Gasteiger partial charge in [0.15, 0.2) is 5.65 Å². The van der Waals surface area contributed by atoms with Crippen molar-refractivity contribution in [3.63, 3.8) is 0 Å². The summed E-state index contributed by atoms with van der Waals surface area (Å²) in [5.41, 5.74) is 3.05. The van der Waals surface area contributed by atoms with Crippen molar-refractivity contribution in [1.29, 1.82) is 0 Å². The van der Waals surface area contributed by atoms with Crippen molar-refractivity contribution >= 4 is 11.2 Å². The molecule has 1 saturated heterocycles. The summed E-state index contributed by atoms with van der Waals surface area (Å²) >= 11 is 0. The lowest BCUT2D eigenvalue weighted by molar-refractivity contribution is 0.454. The largest absolute Gasteiger partial charge is 0.343 e. The fraction of sp³-hybridized carbons (Fsp3) is 0.455. The summed E-state index contributed by atoms with van der Waals surface area (Å²) < 4.78 is 0. The summed E-state index contributed by atoms with van der Waals surface area (Å²) in [4.78, 5) is 11.8. The van der Waals surface area contributed by atoms with E-state index in [1.54, 1.807) is 6.33 Å². The molecule has 0 saturated carbocycles. The first-order valence-corrected chi connectivity index (χ1v) is 5.44. The van der Waals surface area contributed by atoms with Crippen molar-refractivity contribution < 1.29 is 0 Å². The number of hydrogen-bond acceptors (Lipinski definition) is 3. The molecule has 3 rings (SSSR count). The summed E-state index contributed by atoms with van der Waals surface area (Å²) in [6.45, 7) is 2.20. The second kappa shape index (κ2) is 3.62. The zero-order valence-corrected chi connectivity index (χ0v) is 8.53. The fourth-order valence-electron chi connectivity index (χ4n) is 2.18. The molecule has 2 aromatic heterocycles. The van der Waals surface area contributed by atoms with Crippen LogP contribution in [-0.4, -0.2) is 28.0 Å². The zero-order chi connectivity index (χ0) is 10.1. The van der Waals surface area contributed by atoms with Gasteiger partial charge in [-0.2, -0.15) is 0 Å². The van der Waals surface area contributed by atoms with Crippen LogP contribution in [0.2, 0.25) is 0 Å². The van der Waals surface area contributed by atoms with Gasteiger partial charge in [-0.3, -0.25) is 0 Å². The average molecular weight is 202 g/mol. The number of pyridine rings is 1. The number of hydrogen-bond donors (Lipinski definition) is 2. The van der Waals surface area contributed by atoms with Crippen molar-refractivity contribution in [2.24, 2.45) is 0 Å². The molecule has 1 aliphatic rings. The highest BCUT2D eigenvalue weighted by molar-refractivity contribution is 5.69. The van der Waals surface area contributed by atoms with Gasteiger partial charge in [0.25, 0.3) is 0 Å². The lowest BCUT2D eigenvalue weighted by Crippen LogP contribution is -2.27. The van der Waals surface area contributed by atoms with E-state index in [1.165, 1.54) is 18.5 Å². The van der Waals surface area contributed by atoms with Crippen LogP contribution < -0.4 is 5.32 Å². The van der Waals surface area contributed by atoms with Crippen molar-refractivity contribution in [1.82, 2.24) is 20.3 Å². The third-order valence-electron chi connectivity index (χ3n) is 3.06. The quantitative estimate of drug-likeness (QED) is 0.735. The van der Waals surface area contributed by atoms with Gasteiger partial charge in [0.1, 0.15) is 0 Å². The van der Waals surface area contributed by atoms with Crippen LogP contribution in [0.15, 0.2) is 18.5 Å². The first-order valence-electron chi connectivity index (χ1n) is 5.44. The van der Waals surface area contributed by atoms with Crippen LogP contribution in [0, 0.1) is 0 Å². The van der Waals surface area contributed by atoms with Crippen LogP contribution in [0.5, 0.6) is 0 Å². The second-order valence-electron chi connectivity index (χ2n) is 4.03. The molecule has 1 fully saturated rings. The standard InChI is InChI=1S/C11H14N4/c1-2-10-11(14-7-13-10)15-9(1)8-3-5-12-6-4-8/h1-2,7-8,12H,3-6H2,(H,13,14,15). The minimum atomic E-state index is 0.604. The smallest absolute Gasteiger partial charge is 0.177 e. The molecule has 0 spiro atoms. The molecule has 4 nitrogen and oxygen atoms in total. The van der Waals surface area contributed by atoms with Crippen LogP contribution in [-0.2, 0) is 0 Å². The third-order valence-corrected chi connectivity index (χ3v) is 3.06. The fourth-order valence-corrected chi connectivity index (χ4v) is 2.18. The molecule has 0 radical (unpaired) electrons. The summed E-state index contributed by atoms with van der Waals surface area (Å²) in [5.74, 6) is 0.604. The van der Waals surface area contributed by atoms with Crippen LogP contribution in [0.25, 0.3) is 11.2 Å².